The number of aliphatic hydroxyl groups excluding tert-OH is 1. The molecule has 0 aliphatic carbocycles. The van der Waals surface area contributed by atoms with Crippen LogP contribution in [0.3, 0.4) is 0 Å². The fraction of sp³-hybridized carbons (Fsp3) is 0.455. The first-order valence-corrected chi connectivity index (χ1v) is 4.88. The molecule has 0 spiro atoms. The maximum absolute atomic E-state index is 9.86. The van der Waals surface area contributed by atoms with E-state index in [1.165, 1.54) is 18.2 Å². The molecule has 0 fully saturated rings. The second-order valence-corrected chi connectivity index (χ2v) is 4.05. The first-order valence-electron chi connectivity index (χ1n) is 4.88. The summed E-state index contributed by atoms with van der Waals surface area (Å²) in [5, 5.41) is 28.4. The molecule has 84 valence electrons. The van der Waals surface area contributed by atoms with Gasteiger partial charge in [0.2, 0.25) is 0 Å². The minimum absolute atomic E-state index is 0.0833. The summed E-state index contributed by atoms with van der Waals surface area (Å²) in [4.78, 5) is 0. The molecule has 1 aromatic carbocycles. The van der Waals surface area contributed by atoms with Gasteiger partial charge in [-0.05, 0) is 23.6 Å². The molecule has 0 radical (unpaired) electrons. The third kappa shape index (κ3) is 2.84. The molecule has 5 N–H and O–H groups in total. The van der Waals surface area contributed by atoms with Crippen LogP contribution in [0, 0.1) is 5.92 Å². The summed E-state index contributed by atoms with van der Waals surface area (Å²) in [5.74, 6) is -0.0514. The quantitative estimate of drug-likeness (QED) is 0.603. The van der Waals surface area contributed by atoms with Gasteiger partial charge < -0.3 is 21.1 Å². The molecule has 15 heavy (non-hydrogen) atoms. The number of phenolic OH excluding ortho intramolecular Hbond substituents is 2. The Bertz CT molecular complexity index is 318. The zero-order chi connectivity index (χ0) is 11.6. The van der Waals surface area contributed by atoms with E-state index < -0.39 is 12.1 Å². The first-order chi connectivity index (χ1) is 6.91. The SMILES string of the molecule is CC(C)C(N)C(O)c1cc(O)cc(O)c1. The van der Waals surface area contributed by atoms with Gasteiger partial charge in [-0.25, -0.2) is 0 Å². The van der Waals surface area contributed by atoms with Crippen molar-refractivity contribution in [2.24, 2.45) is 11.7 Å². The van der Waals surface area contributed by atoms with Crippen molar-refractivity contribution in [1.29, 1.82) is 0 Å². The molecular formula is C11H17NO3. The third-order valence-electron chi connectivity index (χ3n) is 2.40. The fourth-order valence-electron chi connectivity index (χ4n) is 1.38. The van der Waals surface area contributed by atoms with Gasteiger partial charge in [-0.15, -0.1) is 0 Å². The number of aromatic hydroxyl groups is 2. The molecule has 4 heteroatoms. The molecule has 1 aromatic rings. The molecule has 2 unspecified atom stereocenters. The summed E-state index contributed by atoms with van der Waals surface area (Å²) in [6.45, 7) is 3.80. The lowest BCUT2D eigenvalue weighted by atomic mass is 9.94. The zero-order valence-corrected chi connectivity index (χ0v) is 8.88. The predicted octanol–water partition coefficient (Wildman–Crippen LogP) is 1.11. The van der Waals surface area contributed by atoms with Crippen molar-refractivity contribution in [1.82, 2.24) is 0 Å². The summed E-state index contributed by atoms with van der Waals surface area (Å²) in [7, 11) is 0. The van der Waals surface area contributed by atoms with Crippen molar-refractivity contribution < 1.29 is 15.3 Å². The second-order valence-electron chi connectivity index (χ2n) is 4.05. The predicted molar refractivity (Wildman–Crippen MR) is 57.5 cm³/mol. The average molecular weight is 211 g/mol. The summed E-state index contributed by atoms with van der Waals surface area (Å²) in [6, 6.07) is 3.57. The molecule has 0 aromatic heterocycles. The molecule has 0 aliphatic heterocycles. The highest BCUT2D eigenvalue weighted by molar-refractivity contribution is 5.38. The van der Waals surface area contributed by atoms with E-state index in [-0.39, 0.29) is 17.4 Å². The van der Waals surface area contributed by atoms with E-state index in [9.17, 15) is 15.3 Å². The van der Waals surface area contributed by atoms with Gasteiger partial charge in [0.05, 0.1) is 6.10 Å². The van der Waals surface area contributed by atoms with Crippen molar-refractivity contribution in [2.45, 2.75) is 26.0 Å². The normalized spacial score (nSPS) is 15.3. The molecule has 0 aliphatic rings. The molecule has 0 heterocycles. The minimum Gasteiger partial charge on any atom is -0.508 e. The molecule has 0 saturated carbocycles. The van der Waals surface area contributed by atoms with Gasteiger partial charge in [0.1, 0.15) is 11.5 Å². The molecule has 1 rings (SSSR count). The van der Waals surface area contributed by atoms with Gasteiger partial charge in [0, 0.05) is 12.1 Å². The van der Waals surface area contributed by atoms with Gasteiger partial charge >= 0.3 is 0 Å². The van der Waals surface area contributed by atoms with E-state index in [1.807, 2.05) is 13.8 Å². The Labute approximate surface area is 89.0 Å². The molecular weight excluding hydrogens is 194 g/mol. The lowest BCUT2D eigenvalue weighted by molar-refractivity contribution is 0.125. The maximum Gasteiger partial charge on any atom is 0.119 e. The first kappa shape index (κ1) is 11.8. The molecule has 0 amide bonds. The lowest BCUT2D eigenvalue weighted by Crippen LogP contribution is -2.33. The highest BCUT2D eigenvalue weighted by Gasteiger charge is 2.20. The largest absolute Gasteiger partial charge is 0.508 e. The molecule has 0 saturated heterocycles. The Hall–Kier alpha value is -1.26. The number of rotatable bonds is 3. The Morgan fingerprint density at radius 1 is 1.07 bits per heavy atom. The van der Waals surface area contributed by atoms with Crippen molar-refractivity contribution in [3.8, 4) is 11.5 Å². The van der Waals surface area contributed by atoms with E-state index in [2.05, 4.69) is 0 Å². The average Bonchev–Trinajstić information content (AvgIpc) is 2.13. The van der Waals surface area contributed by atoms with Crippen LogP contribution in [-0.4, -0.2) is 21.4 Å². The molecule has 2 atom stereocenters. The monoisotopic (exact) mass is 211 g/mol. The number of nitrogens with two attached hydrogens (primary N) is 1. The number of phenols is 2. The van der Waals surface area contributed by atoms with Crippen molar-refractivity contribution in [3.05, 3.63) is 23.8 Å². The Morgan fingerprint density at radius 2 is 1.53 bits per heavy atom. The number of hydrogen-bond donors (Lipinski definition) is 4. The lowest BCUT2D eigenvalue weighted by Gasteiger charge is -2.22. The topological polar surface area (TPSA) is 86.7 Å². The zero-order valence-electron chi connectivity index (χ0n) is 8.88. The van der Waals surface area contributed by atoms with Crippen LogP contribution in [0.2, 0.25) is 0 Å². The van der Waals surface area contributed by atoms with Crippen LogP contribution in [-0.2, 0) is 0 Å². The number of aliphatic hydroxyl groups is 1. The van der Waals surface area contributed by atoms with Crippen LogP contribution in [0.5, 0.6) is 11.5 Å². The third-order valence-corrected chi connectivity index (χ3v) is 2.40. The fourth-order valence-corrected chi connectivity index (χ4v) is 1.38. The highest BCUT2D eigenvalue weighted by Crippen LogP contribution is 2.27. The van der Waals surface area contributed by atoms with E-state index in [0.29, 0.717) is 5.56 Å². The van der Waals surface area contributed by atoms with Crippen molar-refractivity contribution >= 4 is 0 Å². The van der Waals surface area contributed by atoms with Crippen LogP contribution in [0.1, 0.15) is 25.5 Å². The Balaban J connectivity index is 2.95. The summed E-state index contributed by atoms with van der Waals surface area (Å²) < 4.78 is 0. The molecule has 4 nitrogen and oxygen atoms in total. The van der Waals surface area contributed by atoms with Crippen LogP contribution in [0.4, 0.5) is 0 Å². The minimum atomic E-state index is -0.886. The van der Waals surface area contributed by atoms with Crippen LogP contribution < -0.4 is 5.73 Å². The van der Waals surface area contributed by atoms with Gasteiger partial charge in [-0.1, -0.05) is 13.8 Å². The summed E-state index contributed by atoms with van der Waals surface area (Å²) in [6.07, 6.45) is -0.886. The van der Waals surface area contributed by atoms with E-state index in [1.54, 1.807) is 0 Å². The van der Waals surface area contributed by atoms with Gasteiger partial charge in [-0.2, -0.15) is 0 Å². The van der Waals surface area contributed by atoms with E-state index in [0.717, 1.165) is 0 Å². The van der Waals surface area contributed by atoms with Crippen LogP contribution in [0.25, 0.3) is 0 Å². The van der Waals surface area contributed by atoms with Gasteiger partial charge in [-0.3, -0.25) is 0 Å². The summed E-state index contributed by atoms with van der Waals surface area (Å²) in [5.41, 5.74) is 6.20. The number of benzene rings is 1. The Morgan fingerprint density at radius 3 is 1.93 bits per heavy atom. The second kappa shape index (κ2) is 4.51. The van der Waals surface area contributed by atoms with Crippen molar-refractivity contribution in [3.63, 3.8) is 0 Å². The number of hydrogen-bond acceptors (Lipinski definition) is 4. The smallest absolute Gasteiger partial charge is 0.119 e. The highest BCUT2D eigenvalue weighted by atomic mass is 16.3. The standard InChI is InChI=1S/C11H17NO3/c1-6(2)10(12)11(15)7-3-8(13)5-9(14)4-7/h3-6,10-11,13-15H,12H2,1-2H3. The van der Waals surface area contributed by atoms with Crippen LogP contribution in [0.15, 0.2) is 18.2 Å². The van der Waals surface area contributed by atoms with Crippen LogP contribution >= 0.6 is 0 Å². The van der Waals surface area contributed by atoms with Crippen molar-refractivity contribution in [2.75, 3.05) is 0 Å². The van der Waals surface area contributed by atoms with E-state index >= 15 is 0 Å². The van der Waals surface area contributed by atoms with Gasteiger partial charge in [0.15, 0.2) is 0 Å². The molecule has 0 bridgehead atoms. The van der Waals surface area contributed by atoms with E-state index in [4.69, 9.17) is 5.73 Å². The van der Waals surface area contributed by atoms with Gasteiger partial charge in [0.25, 0.3) is 0 Å². The Kier molecular flexibility index (Phi) is 3.55. The summed E-state index contributed by atoms with van der Waals surface area (Å²) >= 11 is 0. The maximum atomic E-state index is 9.86.